The van der Waals surface area contributed by atoms with Crippen molar-refractivity contribution in [2.24, 2.45) is 5.41 Å². The van der Waals surface area contributed by atoms with Gasteiger partial charge in [0.15, 0.2) is 0 Å². The fraction of sp³-hybridized carbons (Fsp3) is 0.350. The maximum Gasteiger partial charge on any atom is 0.0949 e. The standard InChI is InChI=1S/C20H27N3OS/c1-20(2,3)19(24)11-12-23-25-18-9-7-17(8-10-18)22-14-15-5-4-6-16(21)13-15/h4-11,21-24H,12-14H2,1-3H3/b19-11-,21-16?. The average Bonchev–Trinajstić information content (AvgIpc) is 2.57. The Kier molecular flexibility index (Phi) is 6.91. The zero-order valence-electron chi connectivity index (χ0n) is 15.1. The summed E-state index contributed by atoms with van der Waals surface area (Å²) in [7, 11) is 0. The normalized spacial score (nSPS) is 15.2. The van der Waals surface area contributed by atoms with Gasteiger partial charge < -0.3 is 15.8 Å². The van der Waals surface area contributed by atoms with Gasteiger partial charge in [-0.3, -0.25) is 4.72 Å². The van der Waals surface area contributed by atoms with Crippen LogP contribution < -0.4 is 10.0 Å². The Labute approximate surface area is 154 Å². The van der Waals surface area contributed by atoms with Crippen molar-refractivity contribution < 1.29 is 5.11 Å². The first-order chi connectivity index (χ1) is 11.8. The molecule has 0 amide bonds. The summed E-state index contributed by atoms with van der Waals surface area (Å²) in [4.78, 5) is 1.12. The van der Waals surface area contributed by atoms with Crippen LogP contribution in [0.1, 0.15) is 27.2 Å². The summed E-state index contributed by atoms with van der Waals surface area (Å²) in [5.74, 6) is 0.403. The average molecular weight is 358 g/mol. The van der Waals surface area contributed by atoms with Crippen LogP contribution in [0.2, 0.25) is 0 Å². The van der Waals surface area contributed by atoms with Crippen LogP contribution in [0.5, 0.6) is 0 Å². The van der Waals surface area contributed by atoms with E-state index in [0.29, 0.717) is 18.0 Å². The van der Waals surface area contributed by atoms with Gasteiger partial charge in [-0.2, -0.15) is 0 Å². The van der Waals surface area contributed by atoms with Gasteiger partial charge in [0.25, 0.3) is 0 Å². The molecule has 0 heterocycles. The second-order valence-corrected chi connectivity index (χ2v) is 8.02. The van der Waals surface area contributed by atoms with Crippen LogP contribution in [0, 0.1) is 10.8 Å². The van der Waals surface area contributed by atoms with Gasteiger partial charge >= 0.3 is 0 Å². The summed E-state index contributed by atoms with van der Waals surface area (Å²) in [5, 5.41) is 21.0. The molecular formula is C20H27N3OS. The molecule has 0 aliphatic heterocycles. The van der Waals surface area contributed by atoms with Crippen molar-refractivity contribution in [2.75, 3.05) is 18.4 Å². The van der Waals surface area contributed by atoms with Crippen LogP contribution in [-0.4, -0.2) is 23.9 Å². The molecule has 4 nitrogen and oxygen atoms in total. The molecule has 4 N–H and O–H groups in total. The molecule has 0 spiro atoms. The van der Waals surface area contributed by atoms with E-state index in [2.05, 4.69) is 40.4 Å². The second-order valence-electron chi connectivity index (χ2n) is 7.05. The number of hydrogen-bond acceptors (Lipinski definition) is 5. The van der Waals surface area contributed by atoms with Crippen LogP contribution in [-0.2, 0) is 0 Å². The molecule has 2 rings (SSSR count). The third-order valence-corrected chi connectivity index (χ3v) is 4.58. The predicted molar refractivity (Wildman–Crippen MR) is 109 cm³/mol. The van der Waals surface area contributed by atoms with Gasteiger partial charge in [0.05, 0.1) is 5.76 Å². The summed E-state index contributed by atoms with van der Waals surface area (Å²) >= 11 is 1.55. The fourth-order valence-electron chi connectivity index (χ4n) is 2.21. The van der Waals surface area contributed by atoms with Crippen molar-refractivity contribution in [3.63, 3.8) is 0 Å². The Morgan fingerprint density at radius 3 is 2.64 bits per heavy atom. The number of aliphatic hydroxyl groups is 1. The third kappa shape index (κ3) is 6.80. The Hall–Kier alpha value is -1.98. The van der Waals surface area contributed by atoms with E-state index in [-0.39, 0.29) is 5.41 Å². The highest BCUT2D eigenvalue weighted by Crippen LogP contribution is 2.22. The lowest BCUT2D eigenvalue weighted by Crippen LogP contribution is -2.12. The van der Waals surface area contributed by atoms with Gasteiger partial charge in [-0.05, 0) is 53.9 Å². The van der Waals surface area contributed by atoms with E-state index in [0.717, 1.165) is 23.5 Å². The molecule has 0 atom stereocenters. The smallest absolute Gasteiger partial charge is 0.0949 e. The van der Waals surface area contributed by atoms with E-state index in [1.54, 1.807) is 11.9 Å². The number of allylic oxidation sites excluding steroid dienone is 4. The minimum Gasteiger partial charge on any atom is -0.512 e. The molecule has 0 bridgehead atoms. The fourth-order valence-corrected chi connectivity index (χ4v) is 2.82. The highest BCUT2D eigenvalue weighted by atomic mass is 32.2. The van der Waals surface area contributed by atoms with Crippen LogP contribution in [0.4, 0.5) is 5.69 Å². The lowest BCUT2D eigenvalue weighted by atomic mass is 9.94. The van der Waals surface area contributed by atoms with Crippen molar-refractivity contribution in [2.45, 2.75) is 32.1 Å². The van der Waals surface area contributed by atoms with Crippen molar-refractivity contribution >= 4 is 23.3 Å². The number of anilines is 1. The Morgan fingerprint density at radius 1 is 1.28 bits per heavy atom. The first kappa shape index (κ1) is 19.3. The number of rotatable bonds is 7. The topological polar surface area (TPSA) is 68.1 Å². The number of hydrogen-bond donors (Lipinski definition) is 4. The minimum atomic E-state index is -0.207. The largest absolute Gasteiger partial charge is 0.512 e. The molecule has 0 unspecified atom stereocenters. The molecule has 1 aromatic rings. The van der Waals surface area contributed by atoms with Crippen LogP contribution >= 0.6 is 11.9 Å². The molecule has 0 saturated carbocycles. The molecule has 1 aliphatic rings. The highest BCUT2D eigenvalue weighted by molar-refractivity contribution is 7.97. The first-order valence-corrected chi connectivity index (χ1v) is 9.23. The van der Waals surface area contributed by atoms with Crippen LogP contribution in [0.3, 0.4) is 0 Å². The van der Waals surface area contributed by atoms with Crippen molar-refractivity contribution in [3.05, 3.63) is 59.9 Å². The summed E-state index contributed by atoms with van der Waals surface area (Å²) in [5.41, 5.74) is 2.74. The molecule has 0 saturated heterocycles. The van der Waals surface area contributed by atoms with Gasteiger partial charge in [-0.25, -0.2) is 0 Å². The van der Waals surface area contributed by atoms with Crippen molar-refractivity contribution in [1.82, 2.24) is 4.72 Å². The summed E-state index contributed by atoms with van der Waals surface area (Å²) in [6.45, 7) is 7.33. The van der Waals surface area contributed by atoms with Gasteiger partial charge in [0, 0.05) is 41.2 Å². The summed E-state index contributed by atoms with van der Waals surface area (Å²) < 4.78 is 3.23. The van der Waals surface area contributed by atoms with Crippen molar-refractivity contribution in [1.29, 1.82) is 5.41 Å². The summed E-state index contributed by atoms with van der Waals surface area (Å²) in [6.07, 6.45) is 8.36. The van der Waals surface area contributed by atoms with Crippen molar-refractivity contribution in [3.8, 4) is 0 Å². The number of benzene rings is 1. The molecule has 1 aromatic carbocycles. The molecule has 0 fully saturated rings. The van der Waals surface area contributed by atoms with Gasteiger partial charge in [-0.15, -0.1) is 0 Å². The van der Waals surface area contributed by atoms with Gasteiger partial charge in [0.2, 0.25) is 0 Å². The predicted octanol–water partition coefficient (Wildman–Crippen LogP) is 5.09. The number of nitrogens with one attached hydrogen (secondary N) is 3. The third-order valence-electron chi connectivity index (χ3n) is 3.76. The first-order valence-electron chi connectivity index (χ1n) is 8.41. The zero-order chi connectivity index (χ0) is 18.3. The molecule has 0 aromatic heterocycles. The molecule has 134 valence electrons. The van der Waals surface area contributed by atoms with E-state index in [1.165, 1.54) is 5.57 Å². The zero-order valence-corrected chi connectivity index (χ0v) is 15.9. The SMILES string of the molecule is CC(C)(C)/C(O)=C/CNSc1ccc(NCC2=CC=CC(=N)C2)cc1. The molecule has 1 aliphatic carbocycles. The maximum atomic E-state index is 9.88. The van der Waals surface area contributed by atoms with Crippen LogP contribution in [0.15, 0.2) is 64.8 Å². The lowest BCUT2D eigenvalue weighted by molar-refractivity contribution is 0.276. The highest BCUT2D eigenvalue weighted by Gasteiger charge is 2.14. The molecular weight excluding hydrogens is 330 g/mol. The van der Waals surface area contributed by atoms with Gasteiger partial charge in [0.1, 0.15) is 0 Å². The van der Waals surface area contributed by atoms with E-state index >= 15 is 0 Å². The molecule has 25 heavy (non-hydrogen) atoms. The lowest BCUT2D eigenvalue weighted by Gasteiger charge is -2.17. The maximum absolute atomic E-state index is 9.88. The minimum absolute atomic E-state index is 0.207. The Balaban J connectivity index is 1.75. The summed E-state index contributed by atoms with van der Waals surface area (Å²) in [6, 6.07) is 8.23. The second kappa shape index (κ2) is 8.92. The molecule has 0 radical (unpaired) electrons. The quantitative estimate of drug-likeness (QED) is 0.312. The van der Waals surface area contributed by atoms with E-state index in [1.807, 2.05) is 39.0 Å². The van der Waals surface area contributed by atoms with E-state index < -0.39 is 0 Å². The van der Waals surface area contributed by atoms with E-state index in [9.17, 15) is 5.11 Å². The monoisotopic (exact) mass is 357 g/mol. The van der Waals surface area contributed by atoms with Gasteiger partial charge in [-0.1, -0.05) is 32.9 Å². The Morgan fingerprint density at radius 2 is 2.00 bits per heavy atom. The molecule has 5 heteroatoms. The Bertz CT molecular complexity index is 682. The van der Waals surface area contributed by atoms with E-state index in [4.69, 9.17) is 5.41 Å². The van der Waals surface area contributed by atoms with Crippen LogP contribution in [0.25, 0.3) is 0 Å². The number of aliphatic hydroxyl groups excluding tert-OH is 1.